The van der Waals surface area contributed by atoms with Crippen molar-refractivity contribution in [3.63, 3.8) is 0 Å². The summed E-state index contributed by atoms with van der Waals surface area (Å²) in [6.07, 6.45) is 5.51. The zero-order chi connectivity index (χ0) is 11.8. The summed E-state index contributed by atoms with van der Waals surface area (Å²) in [5.74, 6) is 0. The van der Waals surface area contributed by atoms with Crippen LogP contribution in [0.25, 0.3) is 0 Å². The highest BCUT2D eigenvalue weighted by molar-refractivity contribution is 5.98. The SMILES string of the molecule is C/C=C\C(=NCC)C(OC)c1ccccn1. The lowest BCUT2D eigenvalue weighted by Crippen LogP contribution is -2.14. The van der Waals surface area contributed by atoms with Crippen LogP contribution in [0.2, 0.25) is 0 Å². The van der Waals surface area contributed by atoms with Gasteiger partial charge in [-0.05, 0) is 32.1 Å². The molecule has 0 bridgehead atoms. The third-order valence-corrected chi connectivity index (χ3v) is 2.14. The second kappa shape index (κ2) is 6.90. The second-order valence-electron chi connectivity index (χ2n) is 3.27. The number of rotatable bonds is 5. The summed E-state index contributed by atoms with van der Waals surface area (Å²) >= 11 is 0. The second-order valence-corrected chi connectivity index (χ2v) is 3.27. The molecule has 0 radical (unpaired) electrons. The van der Waals surface area contributed by atoms with E-state index in [4.69, 9.17) is 4.74 Å². The van der Waals surface area contributed by atoms with Crippen molar-refractivity contribution in [3.8, 4) is 0 Å². The van der Waals surface area contributed by atoms with Crippen LogP contribution in [0.4, 0.5) is 0 Å². The van der Waals surface area contributed by atoms with Crippen LogP contribution in [0, 0.1) is 0 Å². The van der Waals surface area contributed by atoms with E-state index >= 15 is 0 Å². The van der Waals surface area contributed by atoms with Gasteiger partial charge in [0.2, 0.25) is 0 Å². The Balaban J connectivity index is 3.00. The maximum absolute atomic E-state index is 5.46. The quantitative estimate of drug-likeness (QED) is 0.712. The average molecular weight is 218 g/mol. The van der Waals surface area contributed by atoms with Gasteiger partial charge in [0.15, 0.2) is 0 Å². The van der Waals surface area contributed by atoms with E-state index in [-0.39, 0.29) is 6.10 Å². The maximum Gasteiger partial charge on any atom is 0.140 e. The molecule has 0 aliphatic carbocycles. The number of aromatic nitrogens is 1. The van der Waals surface area contributed by atoms with Gasteiger partial charge in [-0.15, -0.1) is 0 Å². The number of allylic oxidation sites excluding steroid dienone is 1. The Morgan fingerprint density at radius 3 is 2.88 bits per heavy atom. The van der Waals surface area contributed by atoms with Crippen molar-refractivity contribution in [3.05, 3.63) is 42.2 Å². The molecule has 1 aromatic rings. The molecule has 1 aromatic heterocycles. The molecule has 0 aromatic carbocycles. The molecule has 0 amide bonds. The Morgan fingerprint density at radius 1 is 1.56 bits per heavy atom. The standard InChI is InChI=1S/C13H18N2O/c1-4-8-11(14-5-2)13(16-3)12-9-6-7-10-15-12/h4,6-10,13H,5H2,1-3H3/b8-4-,14-11?. The van der Waals surface area contributed by atoms with E-state index in [1.54, 1.807) is 13.3 Å². The van der Waals surface area contributed by atoms with E-state index in [1.807, 2.05) is 44.2 Å². The van der Waals surface area contributed by atoms with Gasteiger partial charge in [-0.25, -0.2) is 0 Å². The molecule has 0 saturated carbocycles. The first-order valence-corrected chi connectivity index (χ1v) is 5.44. The van der Waals surface area contributed by atoms with Crippen molar-refractivity contribution >= 4 is 5.71 Å². The minimum absolute atomic E-state index is 0.183. The summed E-state index contributed by atoms with van der Waals surface area (Å²) in [7, 11) is 1.67. The van der Waals surface area contributed by atoms with Crippen LogP contribution in [0.5, 0.6) is 0 Å². The summed E-state index contributed by atoms with van der Waals surface area (Å²) in [5, 5.41) is 0. The topological polar surface area (TPSA) is 34.5 Å². The van der Waals surface area contributed by atoms with Gasteiger partial charge >= 0.3 is 0 Å². The van der Waals surface area contributed by atoms with Gasteiger partial charge in [0.25, 0.3) is 0 Å². The van der Waals surface area contributed by atoms with E-state index in [0.29, 0.717) is 0 Å². The van der Waals surface area contributed by atoms with Crippen molar-refractivity contribution in [2.24, 2.45) is 4.99 Å². The molecule has 1 rings (SSSR count). The lowest BCUT2D eigenvalue weighted by Gasteiger charge is -2.14. The van der Waals surface area contributed by atoms with E-state index in [9.17, 15) is 0 Å². The predicted octanol–water partition coefficient (Wildman–Crippen LogP) is 2.81. The molecule has 1 unspecified atom stereocenters. The number of hydrogen-bond acceptors (Lipinski definition) is 3. The van der Waals surface area contributed by atoms with Gasteiger partial charge in [-0.2, -0.15) is 0 Å². The van der Waals surface area contributed by atoms with Crippen LogP contribution in [0.3, 0.4) is 0 Å². The molecule has 1 heterocycles. The molecular weight excluding hydrogens is 200 g/mol. The molecular formula is C13H18N2O. The fourth-order valence-electron chi connectivity index (χ4n) is 1.50. The van der Waals surface area contributed by atoms with Crippen LogP contribution >= 0.6 is 0 Å². The Labute approximate surface area is 96.9 Å². The number of hydrogen-bond donors (Lipinski definition) is 0. The average Bonchev–Trinajstić information content (AvgIpc) is 2.32. The summed E-state index contributed by atoms with van der Waals surface area (Å²) in [6, 6.07) is 5.79. The smallest absolute Gasteiger partial charge is 0.140 e. The van der Waals surface area contributed by atoms with E-state index in [0.717, 1.165) is 18.0 Å². The molecule has 3 nitrogen and oxygen atoms in total. The molecule has 1 atom stereocenters. The molecule has 0 saturated heterocycles. The summed E-state index contributed by atoms with van der Waals surface area (Å²) in [6.45, 7) is 4.72. The van der Waals surface area contributed by atoms with Crippen molar-refractivity contribution < 1.29 is 4.74 Å². The van der Waals surface area contributed by atoms with Crippen molar-refractivity contribution in [2.45, 2.75) is 20.0 Å². The largest absolute Gasteiger partial charge is 0.369 e. The molecule has 0 N–H and O–H groups in total. The number of nitrogens with zero attached hydrogens (tertiary/aromatic N) is 2. The highest BCUT2D eigenvalue weighted by atomic mass is 16.5. The number of methoxy groups -OCH3 is 1. The van der Waals surface area contributed by atoms with Gasteiger partial charge in [0, 0.05) is 19.9 Å². The first kappa shape index (κ1) is 12.6. The van der Waals surface area contributed by atoms with Crippen LogP contribution in [-0.2, 0) is 4.74 Å². The molecule has 0 aliphatic rings. The van der Waals surface area contributed by atoms with Crippen molar-refractivity contribution in [1.82, 2.24) is 4.98 Å². The lowest BCUT2D eigenvalue weighted by atomic mass is 10.1. The monoisotopic (exact) mass is 218 g/mol. The van der Waals surface area contributed by atoms with Crippen LogP contribution < -0.4 is 0 Å². The minimum atomic E-state index is -0.183. The Morgan fingerprint density at radius 2 is 2.38 bits per heavy atom. The molecule has 3 heteroatoms. The Kier molecular flexibility index (Phi) is 5.43. The van der Waals surface area contributed by atoms with Crippen LogP contribution in [0.1, 0.15) is 25.6 Å². The zero-order valence-electron chi connectivity index (χ0n) is 10.1. The first-order valence-electron chi connectivity index (χ1n) is 5.44. The van der Waals surface area contributed by atoms with E-state index < -0.39 is 0 Å². The number of aliphatic imine (C=N–C) groups is 1. The molecule has 0 fully saturated rings. The number of pyridine rings is 1. The van der Waals surface area contributed by atoms with E-state index in [1.165, 1.54) is 0 Å². The first-order chi connectivity index (χ1) is 7.83. The van der Waals surface area contributed by atoms with Gasteiger partial charge < -0.3 is 4.74 Å². The predicted molar refractivity (Wildman–Crippen MR) is 66.8 cm³/mol. The fourth-order valence-corrected chi connectivity index (χ4v) is 1.50. The number of ether oxygens (including phenoxy) is 1. The van der Waals surface area contributed by atoms with Crippen molar-refractivity contribution in [2.75, 3.05) is 13.7 Å². The Bertz CT molecular complexity index is 357. The Hall–Kier alpha value is -1.48. The van der Waals surface area contributed by atoms with Crippen LogP contribution in [0.15, 0.2) is 41.5 Å². The fraction of sp³-hybridized carbons (Fsp3) is 0.385. The van der Waals surface area contributed by atoms with Gasteiger partial charge in [0.1, 0.15) is 6.10 Å². The summed E-state index contributed by atoms with van der Waals surface area (Å²) < 4.78 is 5.46. The zero-order valence-corrected chi connectivity index (χ0v) is 10.1. The highest BCUT2D eigenvalue weighted by Gasteiger charge is 2.15. The van der Waals surface area contributed by atoms with Gasteiger partial charge in [-0.1, -0.05) is 12.1 Å². The highest BCUT2D eigenvalue weighted by Crippen LogP contribution is 2.16. The normalized spacial score (nSPS) is 14.3. The van der Waals surface area contributed by atoms with Crippen LogP contribution in [-0.4, -0.2) is 24.4 Å². The maximum atomic E-state index is 5.46. The molecule has 0 aliphatic heterocycles. The molecule has 0 spiro atoms. The third-order valence-electron chi connectivity index (χ3n) is 2.14. The van der Waals surface area contributed by atoms with Gasteiger partial charge in [0.05, 0.1) is 11.4 Å². The lowest BCUT2D eigenvalue weighted by molar-refractivity contribution is 0.155. The molecule has 86 valence electrons. The van der Waals surface area contributed by atoms with Gasteiger partial charge in [-0.3, -0.25) is 9.98 Å². The minimum Gasteiger partial charge on any atom is -0.369 e. The van der Waals surface area contributed by atoms with E-state index in [2.05, 4.69) is 9.98 Å². The molecule has 16 heavy (non-hydrogen) atoms. The third kappa shape index (κ3) is 3.28. The van der Waals surface area contributed by atoms with Crippen molar-refractivity contribution in [1.29, 1.82) is 0 Å². The summed E-state index contributed by atoms with van der Waals surface area (Å²) in [5.41, 5.74) is 1.79. The summed E-state index contributed by atoms with van der Waals surface area (Å²) in [4.78, 5) is 8.72.